The summed E-state index contributed by atoms with van der Waals surface area (Å²) in [6, 6.07) is -1.99. The maximum Gasteiger partial charge on any atom is 0.864 e. The molecule has 0 aromatic heterocycles. The Kier molecular flexibility index (Phi) is 17.2. The van der Waals surface area contributed by atoms with Gasteiger partial charge in [0.25, 0.3) is 0 Å². The van der Waals surface area contributed by atoms with Crippen molar-refractivity contribution in [1.82, 2.24) is 0 Å². The first-order valence-electron chi connectivity index (χ1n) is 19.6. The van der Waals surface area contributed by atoms with E-state index in [0.717, 1.165) is 6.92 Å². The molecule has 0 saturated carbocycles. The maximum absolute atomic E-state index is 15.5. The quantitative estimate of drug-likeness (QED) is 0.0518. The number of ether oxygens (including phenoxy) is 2. The predicted octanol–water partition coefficient (Wildman–Crippen LogP) is 14.3. The van der Waals surface area contributed by atoms with Crippen LogP contribution in [0.15, 0.2) is 48.5 Å². The average molecular weight is 971 g/mol. The molecule has 2 unspecified atom stereocenters. The summed E-state index contributed by atoms with van der Waals surface area (Å²) in [6.45, 7) is 8.09. The van der Waals surface area contributed by atoms with Crippen LogP contribution in [-0.2, 0) is 52.3 Å². The van der Waals surface area contributed by atoms with Crippen molar-refractivity contribution in [3.8, 4) is 17.2 Å². The molecule has 0 radical (unpaired) electrons. The highest BCUT2D eigenvalue weighted by Crippen LogP contribution is 2.52. The van der Waals surface area contributed by atoms with Crippen LogP contribution < -0.4 is 14.0 Å². The molecule has 3 aromatic carbocycles. The molecule has 0 bridgehead atoms. The second-order valence-corrected chi connectivity index (χ2v) is 14.8. The molecule has 0 saturated heterocycles. The van der Waals surface area contributed by atoms with Gasteiger partial charge < -0.3 is 23.4 Å². The van der Waals surface area contributed by atoms with Crippen LogP contribution in [-0.4, -0.2) is 44.3 Å². The van der Waals surface area contributed by atoms with Crippen molar-refractivity contribution in [2.24, 2.45) is 0 Å². The van der Waals surface area contributed by atoms with E-state index in [1.807, 2.05) is 0 Å². The lowest BCUT2D eigenvalue weighted by molar-refractivity contribution is -1.04. The van der Waals surface area contributed by atoms with Crippen molar-refractivity contribution in [2.75, 3.05) is 26.3 Å². The summed E-state index contributed by atoms with van der Waals surface area (Å²) in [5, 5.41) is 0. The van der Waals surface area contributed by atoms with E-state index >= 15 is 13.2 Å². The Morgan fingerprint density at radius 3 is 1.17 bits per heavy atom. The molecule has 0 heterocycles. The molecule has 0 fully saturated rings. The van der Waals surface area contributed by atoms with E-state index < -0.39 is 136 Å². The van der Waals surface area contributed by atoms with Crippen LogP contribution >= 0.6 is 0 Å². The van der Waals surface area contributed by atoms with Crippen LogP contribution in [0.25, 0.3) is 0 Å². The third-order valence-electron chi connectivity index (χ3n) is 9.95. The monoisotopic (exact) mass is 970 g/mol. The molecule has 366 valence electrons. The third-order valence-corrected chi connectivity index (χ3v) is 9.95. The fraction of sp³-hybridized carbons (Fsp3) is 0.550. The van der Waals surface area contributed by atoms with Gasteiger partial charge in [-0.1, -0.05) is 27.7 Å². The zero-order valence-electron chi connectivity index (χ0n) is 35.2. The Labute approximate surface area is 361 Å². The van der Waals surface area contributed by atoms with Crippen molar-refractivity contribution < 1.29 is 107 Å². The number of quaternary nitrogens is 1. The Bertz CT molecular complexity index is 1900. The first-order chi connectivity index (χ1) is 29.6. The smallest absolute Gasteiger partial charge is 0.490 e. The Balaban J connectivity index is 2.66. The normalized spacial score (nSPS) is 14.8. The SMILES string of the molecule is CCCOC(C)[N+](CCC)(CCC)C(C)(OCCC)c1c(OB(Oc2cc(C(F)(F)F)cc(C(F)(F)F)c2)Oc2cc(C(F)(F)F)cc(C(F)(F)F)c2)cc(C(F)(F)F)cc1C(F)(F)F. The number of benzene rings is 3. The molecule has 0 amide bonds. The molecule has 0 aliphatic carbocycles. The molecular formula is C40H43BF18NO5+. The summed E-state index contributed by atoms with van der Waals surface area (Å²) < 4.78 is 284. The zero-order valence-corrected chi connectivity index (χ0v) is 35.2. The Hall–Kier alpha value is -4.26. The van der Waals surface area contributed by atoms with Crippen LogP contribution in [0.4, 0.5) is 79.0 Å². The molecule has 0 aliphatic heterocycles. The van der Waals surface area contributed by atoms with Gasteiger partial charge in [-0.3, -0.25) is 4.48 Å². The maximum atomic E-state index is 15.5. The summed E-state index contributed by atoms with van der Waals surface area (Å²) >= 11 is 0. The highest BCUT2D eigenvalue weighted by atomic mass is 19.4. The van der Waals surface area contributed by atoms with Gasteiger partial charge >= 0.3 is 44.4 Å². The van der Waals surface area contributed by atoms with E-state index in [9.17, 15) is 65.9 Å². The first kappa shape index (κ1) is 55.1. The zero-order chi connectivity index (χ0) is 49.8. The molecule has 65 heavy (non-hydrogen) atoms. The average Bonchev–Trinajstić information content (AvgIpc) is 3.16. The van der Waals surface area contributed by atoms with Crippen molar-refractivity contribution in [2.45, 2.75) is 116 Å². The summed E-state index contributed by atoms with van der Waals surface area (Å²) in [4.78, 5) is 0. The molecule has 6 nitrogen and oxygen atoms in total. The molecule has 2 atom stereocenters. The topological polar surface area (TPSA) is 46.2 Å². The van der Waals surface area contributed by atoms with Gasteiger partial charge in [-0.15, -0.1) is 0 Å². The minimum Gasteiger partial charge on any atom is -0.490 e. The van der Waals surface area contributed by atoms with E-state index in [0.29, 0.717) is 6.42 Å². The van der Waals surface area contributed by atoms with Gasteiger partial charge in [0.05, 0.1) is 65.2 Å². The predicted molar refractivity (Wildman–Crippen MR) is 197 cm³/mol. The minimum absolute atomic E-state index is 0.0154. The van der Waals surface area contributed by atoms with E-state index in [2.05, 4.69) is 0 Å². The molecule has 3 aromatic rings. The van der Waals surface area contributed by atoms with Crippen LogP contribution in [0.2, 0.25) is 0 Å². The van der Waals surface area contributed by atoms with Gasteiger partial charge in [-0.25, -0.2) is 0 Å². The standard InChI is InChI=1S/C40H43BF18NO5/c1-7-11-60(12-8-2,23(5)61-13-9-3)34(6,62-14-10-4)33-31(40(57,58)59)21-28(39(54,55)56)22-32(33)65-41(63-29-17-24(35(42,43)44)15-25(18-29)36(45,46)47)64-30-19-26(37(48,49)50)16-27(20-30)38(51,52)53/h15-23H,7-14H2,1-6H3/q+1. The number of nitrogens with zero attached hydrogens (tertiary/aromatic N) is 1. The molecule has 0 N–H and O–H groups in total. The third kappa shape index (κ3) is 13.4. The van der Waals surface area contributed by atoms with Crippen molar-refractivity contribution >= 4 is 7.32 Å². The number of rotatable bonds is 19. The molecule has 0 aliphatic rings. The molecule has 3 rings (SSSR count). The highest BCUT2D eigenvalue weighted by molar-refractivity contribution is 6.39. The van der Waals surface area contributed by atoms with Crippen LogP contribution in [0.5, 0.6) is 17.2 Å². The summed E-state index contributed by atoms with van der Waals surface area (Å²) in [7, 11) is -3.38. The highest BCUT2D eigenvalue weighted by Gasteiger charge is 2.59. The summed E-state index contributed by atoms with van der Waals surface area (Å²) in [5.41, 5.74) is -16.7. The van der Waals surface area contributed by atoms with E-state index in [1.165, 1.54) is 13.8 Å². The second kappa shape index (κ2) is 20.3. The van der Waals surface area contributed by atoms with Gasteiger partial charge in [0.2, 0.25) is 5.72 Å². The Morgan fingerprint density at radius 1 is 0.477 bits per heavy atom. The van der Waals surface area contributed by atoms with Crippen molar-refractivity contribution in [3.63, 3.8) is 0 Å². The van der Waals surface area contributed by atoms with Crippen molar-refractivity contribution in [3.05, 3.63) is 87.5 Å². The van der Waals surface area contributed by atoms with Gasteiger partial charge in [0, 0.05) is 13.8 Å². The number of hydrogen-bond acceptors (Lipinski definition) is 5. The van der Waals surface area contributed by atoms with Gasteiger partial charge in [0.1, 0.15) is 17.2 Å². The lowest BCUT2D eigenvalue weighted by Gasteiger charge is -2.54. The van der Waals surface area contributed by atoms with E-state index in [4.69, 9.17) is 23.4 Å². The largest absolute Gasteiger partial charge is 0.864 e. The van der Waals surface area contributed by atoms with Crippen LogP contribution in [0, 0.1) is 0 Å². The van der Waals surface area contributed by atoms with Gasteiger partial charge in [0.15, 0.2) is 6.23 Å². The van der Waals surface area contributed by atoms with Gasteiger partial charge in [-0.05, 0) is 74.2 Å². The molecule has 0 spiro atoms. The summed E-state index contributed by atoms with van der Waals surface area (Å²) in [5.74, 6) is -4.88. The number of alkyl halides is 18. The number of hydrogen-bond donors (Lipinski definition) is 0. The second-order valence-electron chi connectivity index (χ2n) is 14.8. The molecular weight excluding hydrogens is 927 g/mol. The fourth-order valence-corrected chi connectivity index (χ4v) is 7.16. The van der Waals surface area contributed by atoms with Crippen molar-refractivity contribution in [1.29, 1.82) is 0 Å². The minimum atomic E-state index is -5.80. The summed E-state index contributed by atoms with van der Waals surface area (Å²) in [6.07, 6.45) is -34.5. The first-order valence-corrected chi connectivity index (χ1v) is 19.6. The lowest BCUT2D eigenvalue weighted by Crippen LogP contribution is -2.68. The van der Waals surface area contributed by atoms with Gasteiger partial charge in [-0.2, -0.15) is 79.0 Å². The Morgan fingerprint density at radius 2 is 0.846 bits per heavy atom. The molecule has 25 heteroatoms. The fourth-order valence-electron chi connectivity index (χ4n) is 7.16. The van der Waals surface area contributed by atoms with E-state index in [-0.39, 0.29) is 75.4 Å². The lowest BCUT2D eigenvalue weighted by atomic mass is 9.89. The van der Waals surface area contributed by atoms with Crippen LogP contribution in [0.1, 0.15) is 106 Å². The van der Waals surface area contributed by atoms with Crippen LogP contribution in [0.3, 0.4) is 0 Å². The number of halogens is 18. The van der Waals surface area contributed by atoms with E-state index in [1.54, 1.807) is 20.8 Å².